The standard InChI is InChI=1S/C34H29/c1-4-15-27(16-5-1)32-25-13-12-20-28(32)19-10-11-23-31-24-14-26-33(29-17-6-2-7-18-29)34(31)30-21-8-3-9-22-30/h1-9,12-22,24-26H,10-11,23H2. The molecule has 0 aromatic heterocycles. The number of hydrogen-bond acceptors (Lipinski definition) is 0. The van der Waals surface area contributed by atoms with Crippen molar-refractivity contribution < 1.29 is 0 Å². The van der Waals surface area contributed by atoms with Gasteiger partial charge in [0.1, 0.15) is 0 Å². The SMILES string of the molecule is [CH](CCCc1cccc(-c2ccccc2)c1-c1ccccc1)c1ccccc1-c1ccccc1. The highest BCUT2D eigenvalue weighted by molar-refractivity contribution is 5.85. The molecule has 5 rings (SSSR count). The van der Waals surface area contributed by atoms with Crippen molar-refractivity contribution in [2.24, 2.45) is 0 Å². The van der Waals surface area contributed by atoms with Crippen molar-refractivity contribution in [3.8, 4) is 33.4 Å². The molecule has 0 atom stereocenters. The van der Waals surface area contributed by atoms with Gasteiger partial charge in [-0.2, -0.15) is 0 Å². The van der Waals surface area contributed by atoms with E-state index in [1.807, 2.05) is 0 Å². The lowest BCUT2D eigenvalue weighted by molar-refractivity contribution is 0.817. The van der Waals surface area contributed by atoms with Crippen molar-refractivity contribution in [1.82, 2.24) is 0 Å². The van der Waals surface area contributed by atoms with Crippen LogP contribution in [0.2, 0.25) is 0 Å². The maximum Gasteiger partial charge on any atom is -0.00733 e. The predicted octanol–water partition coefficient (Wildman–Crippen LogP) is 9.26. The molecule has 0 spiro atoms. The maximum absolute atomic E-state index is 2.39. The van der Waals surface area contributed by atoms with Crippen LogP contribution in [0.15, 0.2) is 133 Å². The summed E-state index contributed by atoms with van der Waals surface area (Å²) < 4.78 is 0. The van der Waals surface area contributed by atoms with E-state index < -0.39 is 0 Å². The van der Waals surface area contributed by atoms with Gasteiger partial charge in [-0.15, -0.1) is 0 Å². The Bertz CT molecular complexity index is 1320. The van der Waals surface area contributed by atoms with E-state index in [0.717, 1.165) is 19.3 Å². The molecule has 0 amide bonds. The molecule has 1 radical (unpaired) electrons. The minimum Gasteiger partial charge on any atom is -0.0622 e. The second kappa shape index (κ2) is 10.8. The van der Waals surface area contributed by atoms with Gasteiger partial charge in [0, 0.05) is 0 Å². The van der Waals surface area contributed by atoms with Crippen molar-refractivity contribution in [1.29, 1.82) is 0 Å². The van der Waals surface area contributed by atoms with Crippen molar-refractivity contribution in [2.75, 3.05) is 0 Å². The van der Waals surface area contributed by atoms with Gasteiger partial charge in [-0.05, 0) is 70.2 Å². The second-order valence-corrected chi connectivity index (χ2v) is 8.62. The lowest BCUT2D eigenvalue weighted by Gasteiger charge is -2.16. The van der Waals surface area contributed by atoms with Crippen LogP contribution >= 0.6 is 0 Å². The maximum atomic E-state index is 2.39. The summed E-state index contributed by atoms with van der Waals surface area (Å²) in [6.45, 7) is 0. The number of benzene rings is 5. The largest absolute Gasteiger partial charge is 0.0622 e. The Kier molecular flexibility index (Phi) is 6.97. The molecule has 0 aliphatic rings. The first-order valence-electron chi connectivity index (χ1n) is 12.1. The number of unbranched alkanes of at least 4 members (excludes halogenated alkanes) is 1. The molecule has 0 saturated heterocycles. The van der Waals surface area contributed by atoms with E-state index in [9.17, 15) is 0 Å². The second-order valence-electron chi connectivity index (χ2n) is 8.62. The third-order valence-corrected chi connectivity index (χ3v) is 6.36. The molecule has 0 saturated carbocycles. The Morgan fingerprint density at radius 3 is 1.65 bits per heavy atom. The van der Waals surface area contributed by atoms with Crippen LogP contribution in [0.5, 0.6) is 0 Å². The Hall–Kier alpha value is -3.90. The molecule has 0 fully saturated rings. The molecule has 0 heterocycles. The number of aryl methyl sites for hydroxylation is 1. The zero-order valence-corrected chi connectivity index (χ0v) is 19.4. The van der Waals surface area contributed by atoms with E-state index in [1.54, 1.807) is 0 Å². The molecular weight excluding hydrogens is 408 g/mol. The fraction of sp³-hybridized carbons (Fsp3) is 0.0882. The molecule has 34 heavy (non-hydrogen) atoms. The molecule has 0 unspecified atom stereocenters. The minimum absolute atomic E-state index is 1.05. The highest BCUT2D eigenvalue weighted by Gasteiger charge is 2.12. The van der Waals surface area contributed by atoms with E-state index in [2.05, 4.69) is 140 Å². The van der Waals surface area contributed by atoms with Gasteiger partial charge in [-0.25, -0.2) is 0 Å². The molecule has 0 aliphatic heterocycles. The quantitative estimate of drug-likeness (QED) is 0.212. The van der Waals surface area contributed by atoms with Crippen LogP contribution in [0.4, 0.5) is 0 Å². The highest BCUT2D eigenvalue weighted by Crippen LogP contribution is 2.36. The van der Waals surface area contributed by atoms with Gasteiger partial charge in [0.25, 0.3) is 0 Å². The third-order valence-electron chi connectivity index (χ3n) is 6.36. The van der Waals surface area contributed by atoms with Gasteiger partial charge in [-0.3, -0.25) is 0 Å². The van der Waals surface area contributed by atoms with E-state index in [4.69, 9.17) is 0 Å². The highest BCUT2D eigenvalue weighted by atomic mass is 14.2. The molecule has 165 valence electrons. The molecule has 0 aliphatic carbocycles. The van der Waals surface area contributed by atoms with Crippen molar-refractivity contribution in [3.63, 3.8) is 0 Å². The Morgan fingerprint density at radius 2 is 0.971 bits per heavy atom. The lowest BCUT2D eigenvalue weighted by Crippen LogP contribution is -1.95. The van der Waals surface area contributed by atoms with E-state index in [-0.39, 0.29) is 0 Å². The number of rotatable bonds is 8. The summed E-state index contributed by atoms with van der Waals surface area (Å²) in [5, 5.41) is 0. The molecule has 0 heteroatoms. The van der Waals surface area contributed by atoms with Crippen LogP contribution in [-0.4, -0.2) is 0 Å². The summed E-state index contributed by atoms with van der Waals surface area (Å²) in [7, 11) is 0. The molecular formula is C34H29. The molecule has 0 nitrogen and oxygen atoms in total. The summed E-state index contributed by atoms with van der Waals surface area (Å²) >= 11 is 0. The van der Waals surface area contributed by atoms with Crippen LogP contribution in [-0.2, 0) is 6.42 Å². The van der Waals surface area contributed by atoms with E-state index in [0.29, 0.717) is 0 Å². The van der Waals surface area contributed by atoms with Crippen LogP contribution < -0.4 is 0 Å². The summed E-state index contributed by atoms with van der Waals surface area (Å²) in [5.41, 5.74) is 10.5. The van der Waals surface area contributed by atoms with E-state index >= 15 is 0 Å². The molecule has 0 bridgehead atoms. The fourth-order valence-corrected chi connectivity index (χ4v) is 4.72. The van der Waals surface area contributed by atoms with Crippen molar-refractivity contribution in [3.05, 3.63) is 151 Å². The third kappa shape index (κ3) is 5.02. The zero-order chi connectivity index (χ0) is 23.0. The van der Waals surface area contributed by atoms with Gasteiger partial charge in [0.2, 0.25) is 0 Å². The number of hydrogen-bond donors (Lipinski definition) is 0. The Balaban J connectivity index is 1.36. The first-order chi connectivity index (χ1) is 16.9. The topological polar surface area (TPSA) is 0 Å². The molecule has 5 aromatic rings. The average Bonchev–Trinajstić information content (AvgIpc) is 2.92. The Labute approximate surface area is 203 Å². The van der Waals surface area contributed by atoms with Gasteiger partial charge >= 0.3 is 0 Å². The van der Waals surface area contributed by atoms with Crippen LogP contribution in [0.25, 0.3) is 33.4 Å². The zero-order valence-electron chi connectivity index (χ0n) is 19.4. The molecule has 0 N–H and O–H groups in total. The Morgan fingerprint density at radius 1 is 0.441 bits per heavy atom. The van der Waals surface area contributed by atoms with Crippen LogP contribution in [0.3, 0.4) is 0 Å². The van der Waals surface area contributed by atoms with Gasteiger partial charge in [0.15, 0.2) is 0 Å². The average molecular weight is 438 g/mol. The first-order valence-corrected chi connectivity index (χ1v) is 12.1. The summed E-state index contributed by atoms with van der Waals surface area (Å²) in [6, 6.07) is 47.7. The normalized spacial score (nSPS) is 10.8. The van der Waals surface area contributed by atoms with Gasteiger partial charge < -0.3 is 0 Å². The fourth-order valence-electron chi connectivity index (χ4n) is 4.72. The van der Waals surface area contributed by atoms with Crippen molar-refractivity contribution >= 4 is 0 Å². The summed E-state index contributed by atoms with van der Waals surface area (Å²) in [6.07, 6.45) is 5.61. The smallest absolute Gasteiger partial charge is 0.00733 e. The first kappa shape index (κ1) is 21.9. The van der Waals surface area contributed by atoms with Gasteiger partial charge in [0.05, 0.1) is 0 Å². The van der Waals surface area contributed by atoms with E-state index in [1.165, 1.54) is 44.5 Å². The van der Waals surface area contributed by atoms with Crippen molar-refractivity contribution in [2.45, 2.75) is 19.3 Å². The van der Waals surface area contributed by atoms with Gasteiger partial charge in [-0.1, -0.05) is 133 Å². The van der Waals surface area contributed by atoms with Crippen LogP contribution in [0.1, 0.15) is 24.0 Å². The monoisotopic (exact) mass is 437 g/mol. The summed E-state index contributed by atoms with van der Waals surface area (Å²) in [5.74, 6) is 0. The molecule has 5 aromatic carbocycles. The minimum atomic E-state index is 1.05. The lowest BCUT2D eigenvalue weighted by atomic mass is 9.88. The van der Waals surface area contributed by atoms with Crippen LogP contribution in [0, 0.1) is 6.42 Å². The summed E-state index contributed by atoms with van der Waals surface area (Å²) in [4.78, 5) is 0. The predicted molar refractivity (Wildman–Crippen MR) is 146 cm³/mol.